The highest BCUT2D eigenvalue weighted by Gasteiger charge is 2.42. The second-order valence-corrected chi connectivity index (χ2v) is 7.05. The molecule has 21 heavy (non-hydrogen) atoms. The highest BCUT2D eigenvalue weighted by Crippen LogP contribution is 2.46. The van der Waals surface area contributed by atoms with E-state index in [0.29, 0.717) is 17.7 Å². The smallest absolute Gasteiger partial charge is 0.123 e. The van der Waals surface area contributed by atoms with E-state index in [1.165, 1.54) is 31.7 Å². The normalized spacial score (nSPS) is 22.3. The molecule has 1 fully saturated rings. The van der Waals surface area contributed by atoms with Crippen LogP contribution < -0.4 is 4.74 Å². The van der Waals surface area contributed by atoms with Crippen LogP contribution in [0.1, 0.15) is 37.7 Å². The van der Waals surface area contributed by atoms with Crippen molar-refractivity contribution in [3.8, 4) is 5.75 Å². The fraction of sp³-hybridized carbons (Fsp3) is 0.647. The van der Waals surface area contributed by atoms with Gasteiger partial charge in [-0.2, -0.15) is 0 Å². The Bertz CT molecular complexity index is 496. The minimum atomic E-state index is -0.199. The minimum absolute atomic E-state index is 0.0507. The van der Waals surface area contributed by atoms with E-state index in [4.69, 9.17) is 27.9 Å². The molecular formula is C17H21Cl2FO. The maximum atomic E-state index is 13.3. The third-order valence-corrected chi connectivity index (χ3v) is 6.22. The maximum Gasteiger partial charge on any atom is 0.123 e. The summed E-state index contributed by atoms with van der Waals surface area (Å²) in [5.74, 6) is 2.36. The van der Waals surface area contributed by atoms with Crippen LogP contribution in [0.15, 0.2) is 18.2 Å². The summed E-state index contributed by atoms with van der Waals surface area (Å²) >= 11 is 12.6. The highest BCUT2D eigenvalue weighted by atomic mass is 35.5. The first-order chi connectivity index (χ1) is 10.2. The van der Waals surface area contributed by atoms with Crippen molar-refractivity contribution in [1.82, 2.24) is 0 Å². The molecule has 1 aromatic carbocycles. The molecule has 116 valence electrons. The second-order valence-electron chi connectivity index (χ2n) is 6.51. The van der Waals surface area contributed by atoms with Crippen LogP contribution in [0.2, 0.25) is 0 Å². The number of alkyl halides is 2. The Hall–Kier alpha value is -0.470. The van der Waals surface area contributed by atoms with Gasteiger partial charge in [-0.15, -0.1) is 23.2 Å². The molecule has 1 aliphatic carbocycles. The minimum Gasteiger partial charge on any atom is -0.490 e. The van der Waals surface area contributed by atoms with E-state index < -0.39 is 0 Å². The van der Waals surface area contributed by atoms with Gasteiger partial charge in [0.05, 0.1) is 0 Å². The molecule has 1 aliphatic heterocycles. The van der Waals surface area contributed by atoms with E-state index >= 15 is 0 Å². The van der Waals surface area contributed by atoms with E-state index in [2.05, 4.69) is 0 Å². The zero-order valence-corrected chi connectivity index (χ0v) is 13.6. The average molecular weight is 331 g/mol. The molecule has 1 nitrogen and oxygen atoms in total. The van der Waals surface area contributed by atoms with Crippen molar-refractivity contribution in [3.05, 3.63) is 29.6 Å². The van der Waals surface area contributed by atoms with Gasteiger partial charge in [0.1, 0.15) is 17.7 Å². The number of hydrogen-bond donors (Lipinski definition) is 0. The molecule has 0 N–H and O–H groups in total. The van der Waals surface area contributed by atoms with Crippen LogP contribution in [0.5, 0.6) is 5.75 Å². The molecule has 1 saturated carbocycles. The quantitative estimate of drug-likeness (QED) is 0.676. The van der Waals surface area contributed by atoms with Gasteiger partial charge >= 0.3 is 0 Å². The molecule has 1 heterocycles. The van der Waals surface area contributed by atoms with Crippen molar-refractivity contribution in [2.75, 3.05) is 11.8 Å². The van der Waals surface area contributed by atoms with Crippen LogP contribution in [-0.4, -0.2) is 17.9 Å². The predicted octanol–water partition coefficient (Wildman–Crippen LogP) is 5.17. The second kappa shape index (κ2) is 6.34. The Kier molecular flexibility index (Phi) is 4.66. The molecule has 1 atom stereocenters. The molecule has 4 heteroatoms. The highest BCUT2D eigenvalue weighted by molar-refractivity contribution is 6.21. The molecule has 1 unspecified atom stereocenters. The SMILES string of the molecule is Fc1ccc2c(c1)CC(CC(CCl)(CCl)C1CCCC1)O2. The zero-order chi connectivity index (χ0) is 14.9. The summed E-state index contributed by atoms with van der Waals surface area (Å²) in [6.07, 6.45) is 6.67. The summed E-state index contributed by atoms with van der Waals surface area (Å²) in [5, 5.41) is 0. The van der Waals surface area contributed by atoms with Crippen LogP contribution in [-0.2, 0) is 6.42 Å². The fourth-order valence-corrected chi connectivity index (χ4v) is 4.86. The lowest BCUT2D eigenvalue weighted by Crippen LogP contribution is -2.38. The van der Waals surface area contributed by atoms with Crippen molar-refractivity contribution in [2.45, 2.75) is 44.6 Å². The first kappa shape index (κ1) is 15.4. The molecule has 2 aliphatic rings. The van der Waals surface area contributed by atoms with Crippen molar-refractivity contribution < 1.29 is 9.13 Å². The number of ether oxygens (including phenoxy) is 1. The zero-order valence-electron chi connectivity index (χ0n) is 12.1. The van der Waals surface area contributed by atoms with Crippen molar-refractivity contribution >= 4 is 23.2 Å². The molecule has 0 spiro atoms. The van der Waals surface area contributed by atoms with E-state index in [9.17, 15) is 4.39 Å². The van der Waals surface area contributed by atoms with Gasteiger partial charge in [0.2, 0.25) is 0 Å². The average Bonchev–Trinajstić information content (AvgIpc) is 3.13. The molecule has 0 radical (unpaired) electrons. The van der Waals surface area contributed by atoms with E-state index in [-0.39, 0.29) is 17.3 Å². The van der Waals surface area contributed by atoms with Crippen LogP contribution in [0.3, 0.4) is 0 Å². The monoisotopic (exact) mass is 330 g/mol. The molecule has 0 bridgehead atoms. The fourth-order valence-electron chi connectivity index (χ4n) is 3.92. The Balaban J connectivity index is 1.73. The van der Waals surface area contributed by atoms with Crippen LogP contribution in [0.4, 0.5) is 4.39 Å². The molecular weight excluding hydrogens is 310 g/mol. The van der Waals surface area contributed by atoms with Gasteiger partial charge in [-0.1, -0.05) is 12.8 Å². The number of halogens is 3. The Labute approximate surface area is 135 Å². The standard InChI is InChI=1S/C17H21Cl2FO/c18-10-17(11-19,13-3-1-2-4-13)9-15-8-12-7-14(20)5-6-16(12)21-15/h5-7,13,15H,1-4,8-11H2. The lowest BCUT2D eigenvalue weighted by Gasteiger charge is -2.37. The van der Waals surface area contributed by atoms with Gasteiger partial charge in [-0.25, -0.2) is 4.39 Å². The maximum absolute atomic E-state index is 13.3. The lowest BCUT2D eigenvalue weighted by atomic mass is 9.73. The van der Waals surface area contributed by atoms with Crippen molar-refractivity contribution in [3.63, 3.8) is 0 Å². The predicted molar refractivity (Wildman–Crippen MR) is 85.0 cm³/mol. The molecule has 3 rings (SSSR count). The van der Waals surface area contributed by atoms with E-state index in [1.54, 1.807) is 12.1 Å². The van der Waals surface area contributed by atoms with Crippen LogP contribution in [0.25, 0.3) is 0 Å². The van der Waals surface area contributed by atoms with Gasteiger partial charge in [-0.05, 0) is 43.4 Å². The largest absolute Gasteiger partial charge is 0.490 e. The van der Waals surface area contributed by atoms with Crippen molar-refractivity contribution in [2.24, 2.45) is 11.3 Å². The van der Waals surface area contributed by atoms with Gasteiger partial charge in [0, 0.05) is 29.2 Å². The Morgan fingerprint density at radius 2 is 1.90 bits per heavy atom. The van der Waals surface area contributed by atoms with Gasteiger partial charge in [0.15, 0.2) is 0 Å². The van der Waals surface area contributed by atoms with Crippen molar-refractivity contribution in [1.29, 1.82) is 0 Å². The Morgan fingerprint density at radius 3 is 2.57 bits per heavy atom. The number of rotatable bonds is 5. The van der Waals surface area contributed by atoms with E-state index in [1.807, 2.05) is 0 Å². The topological polar surface area (TPSA) is 9.23 Å². The van der Waals surface area contributed by atoms with Gasteiger partial charge in [-0.3, -0.25) is 0 Å². The molecule has 0 amide bonds. The summed E-state index contributed by atoms with van der Waals surface area (Å²) in [6.45, 7) is 0. The number of benzene rings is 1. The summed E-state index contributed by atoms with van der Waals surface area (Å²) in [7, 11) is 0. The summed E-state index contributed by atoms with van der Waals surface area (Å²) in [4.78, 5) is 0. The first-order valence-corrected chi connectivity index (χ1v) is 8.81. The number of fused-ring (bicyclic) bond motifs is 1. The third-order valence-electron chi connectivity index (χ3n) is 5.15. The van der Waals surface area contributed by atoms with E-state index in [0.717, 1.165) is 24.2 Å². The Morgan fingerprint density at radius 1 is 1.19 bits per heavy atom. The lowest BCUT2D eigenvalue weighted by molar-refractivity contribution is 0.116. The first-order valence-electron chi connectivity index (χ1n) is 7.74. The molecule has 0 saturated heterocycles. The summed E-state index contributed by atoms with van der Waals surface area (Å²) in [6, 6.07) is 4.76. The van der Waals surface area contributed by atoms with Gasteiger partial charge < -0.3 is 4.74 Å². The van der Waals surface area contributed by atoms with Gasteiger partial charge in [0.25, 0.3) is 0 Å². The third kappa shape index (κ3) is 3.03. The molecule has 0 aromatic heterocycles. The van der Waals surface area contributed by atoms with Crippen LogP contribution >= 0.6 is 23.2 Å². The van der Waals surface area contributed by atoms with Crippen LogP contribution in [0, 0.1) is 17.2 Å². The number of hydrogen-bond acceptors (Lipinski definition) is 1. The summed E-state index contributed by atoms with van der Waals surface area (Å²) < 4.78 is 19.3. The summed E-state index contributed by atoms with van der Waals surface area (Å²) in [5.41, 5.74) is 0.912. The molecule has 1 aromatic rings.